The summed E-state index contributed by atoms with van der Waals surface area (Å²) >= 11 is 0. The van der Waals surface area contributed by atoms with Crippen LogP contribution < -0.4 is 5.32 Å². The first-order valence-corrected chi connectivity index (χ1v) is 14.9. The van der Waals surface area contributed by atoms with Gasteiger partial charge in [0.2, 0.25) is 0 Å². The molecule has 0 aromatic heterocycles. The number of carbonyl (C=O) groups excluding carboxylic acids is 2. The lowest BCUT2D eigenvalue weighted by atomic mass is 9.91. The second kappa shape index (κ2) is 12.1. The Kier molecular flexibility index (Phi) is 8.52. The van der Waals surface area contributed by atoms with Gasteiger partial charge in [-0.3, -0.25) is 10.2 Å². The summed E-state index contributed by atoms with van der Waals surface area (Å²) in [5.41, 5.74) is 9.65. The first-order valence-electron chi connectivity index (χ1n) is 14.9. The summed E-state index contributed by atoms with van der Waals surface area (Å²) < 4.78 is 11.4. The van der Waals surface area contributed by atoms with Crippen molar-refractivity contribution in [3.8, 4) is 23.5 Å². The van der Waals surface area contributed by atoms with Crippen molar-refractivity contribution in [3.05, 3.63) is 87.5 Å². The molecule has 0 radical (unpaired) electrons. The average Bonchev–Trinajstić information content (AvgIpc) is 3.29. The minimum absolute atomic E-state index is 0.0407. The Balaban J connectivity index is 1.22. The van der Waals surface area contributed by atoms with Crippen molar-refractivity contribution in [2.75, 3.05) is 38.1 Å². The number of hydrogen-bond donors (Lipinski definition) is 1. The van der Waals surface area contributed by atoms with E-state index in [1.807, 2.05) is 53.7 Å². The second-order valence-electron chi connectivity index (χ2n) is 12.4. The molecular weight excluding hydrogens is 538 g/mol. The van der Waals surface area contributed by atoms with Crippen molar-refractivity contribution in [2.45, 2.75) is 59.6 Å². The monoisotopic (exact) mass is 579 g/mol. The maximum absolute atomic E-state index is 13.1. The van der Waals surface area contributed by atoms with Crippen LogP contribution >= 0.6 is 0 Å². The Morgan fingerprint density at radius 2 is 1.49 bits per heavy atom. The predicted molar refractivity (Wildman–Crippen MR) is 170 cm³/mol. The maximum atomic E-state index is 13.1. The third-order valence-electron chi connectivity index (χ3n) is 8.52. The zero-order valence-corrected chi connectivity index (χ0v) is 26.0. The fourth-order valence-electron chi connectivity index (χ4n) is 6.31. The Morgan fingerprint density at radius 1 is 0.907 bits per heavy atom. The van der Waals surface area contributed by atoms with Crippen LogP contribution in [0.15, 0.2) is 48.5 Å². The molecule has 43 heavy (non-hydrogen) atoms. The number of anilines is 1. The molecule has 1 fully saturated rings. The molecule has 1 saturated heterocycles. The number of carbonyl (C=O) groups is 2. The molecule has 3 aromatic rings. The molecule has 0 saturated carbocycles. The Labute approximate surface area is 255 Å². The highest BCUT2D eigenvalue weighted by atomic mass is 16.6. The van der Waals surface area contributed by atoms with Gasteiger partial charge in [-0.15, -0.1) is 6.42 Å². The summed E-state index contributed by atoms with van der Waals surface area (Å²) in [5.74, 6) is 2.86. The molecule has 2 aliphatic rings. The van der Waals surface area contributed by atoms with E-state index in [0.29, 0.717) is 45.0 Å². The zero-order chi connectivity index (χ0) is 30.9. The zero-order valence-electron chi connectivity index (χ0n) is 26.0. The van der Waals surface area contributed by atoms with Gasteiger partial charge >= 0.3 is 12.2 Å². The van der Waals surface area contributed by atoms with Crippen LogP contribution in [0.1, 0.15) is 65.6 Å². The van der Waals surface area contributed by atoms with Crippen molar-refractivity contribution in [1.82, 2.24) is 9.80 Å². The number of benzene rings is 3. The lowest BCUT2D eigenvalue weighted by Crippen LogP contribution is -2.48. The molecular formula is C36H41N3O4. The van der Waals surface area contributed by atoms with E-state index in [1.165, 1.54) is 22.3 Å². The largest absolute Gasteiger partial charge is 0.448 e. The molecule has 0 atom stereocenters. The van der Waals surface area contributed by atoms with E-state index in [9.17, 15) is 9.59 Å². The summed E-state index contributed by atoms with van der Waals surface area (Å²) in [6.45, 7) is 15.0. The summed E-state index contributed by atoms with van der Waals surface area (Å²) in [7, 11) is 0. The maximum Gasteiger partial charge on any atom is 0.412 e. The number of amides is 2. The fraction of sp³-hybridized carbons (Fsp3) is 0.389. The van der Waals surface area contributed by atoms with Crippen LogP contribution in [0.5, 0.6) is 0 Å². The molecule has 3 aromatic carbocycles. The van der Waals surface area contributed by atoms with Crippen LogP contribution in [0.25, 0.3) is 11.1 Å². The molecule has 1 aliphatic heterocycles. The summed E-state index contributed by atoms with van der Waals surface area (Å²) in [4.78, 5) is 29.9. The lowest BCUT2D eigenvalue weighted by Gasteiger charge is -2.35. The van der Waals surface area contributed by atoms with Gasteiger partial charge in [0.15, 0.2) is 0 Å². The number of hydrogen-bond acceptors (Lipinski definition) is 5. The topological polar surface area (TPSA) is 71.1 Å². The van der Waals surface area contributed by atoms with Gasteiger partial charge in [-0.2, -0.15) is 0 Å². The summed E-state index contributed by atoms with van der Waals surface area (Å²) in [5, 5.41) is 2.94. The van der Waals surface area contributed by atoms with Crippen molar-refractivity contribution in [2.24, 2.45) is 0 Å². The molecule has 5 rings (SSSR count). The Hall–Kier alpha value is -4.28. The van der Waals surface area contributed by atoms with Crippen LogP contribution in [-0.2, 0) is 16.0 Å². The van der Waals surface area contributed by atoms with Crippen molar-refractivity contribution in [3.63, 3.8) is 0 Å². The molecule has 1 aliphatic carbocycles. The van der Waals surface area contributed by atoms with Crippen LogP contribution in [-0.4, -0.2) is 60.4 Å². The fourth-order valence-corrected chi connectivity index (χ4v) is 6.31. The van der Waals surface area contributed by atoms with Crippen molar-refractivity contribution in [1.29, 1.82) is 0 Å². The summed E-state index contributed by atoms with van der Waals surface area (Å²) in [6, 6.07) is 16.7. The highest BCUT2D eigenvalue weighted by Crippen LogP contribution is 2.44. The Bertz CT molecular complexity index is 1540. The Morgan fingerprint density at radius 3 is 2.05 bits per heavy atom. The van der Waals surface area contributed by atoms with Gasteiger partial charge in [-0.05, 0) is 86.1 Å². The lowest BCUT2D eigenvalue weighted by molar-refractivity contribution is 0.0635. The van der Waals surface area contributed by atoms with Crippen molar-refractivity contribution >= 4 is 17.9 Å². The first kappa shape index (κ1) is 30.2. The standard InChI is InChI=1S/C36H41N3O4/c1-8-26-23(2)31(25(4)33(24(26)3)37-34(40)43-36(5,6)7)21-38-17-19-39(20-18-38)35(41)42-22-32-29-15-11-9-13-27(29)28-14-10-12-16-30(28)32/h1,9-16,32H,17-22H2,2-7H3,(H,37,40). The van der Waals surface area contributed by atoms with Crippen LogP contribution in [0.2, 0.25) is 0 Å². The second-order valence-corrected chi connectivity index (χ2v) is 12.4. The highest BCUT2D eigenvalue weighted by molar-refractivity contribution is 5.88. The number of fused-ring (bicyclic) bond motifs is 3. The molecule has 0 unspecified atom stereocenters. The minimum atomic E-state index is -0.610. The SMILES string of the molecule is C#Cc1c(C)c(CN2CCN(C(=O)OCC3c4ccccc4-c4ccccc43)CC2)c(C)c(NC(=O)OC(C)(C)C)c1C. The van der Waals surface area contributed by atoms with E-state index in [-0.39, 0.29) is 12.0 Å². The van der Waals surface area contributed by atoms with E-state index in [4.69, 9.17) is 15.9 Å². The molecule has 224 valence electrons. The normalized spacial score (nSPS) is 15.0. The van der Waals surface area contributed by atoms with E-state index >= 15 is 0 Å². The molecule has 0 bridgehead atoms. The van der Waals surface area contributed by atoms with Gasteiger partial charge in [-0.1, -0.05) is 54.5 Å². The minimum Gasteiger partial charge on any atom is -0.448 e. The van der Waals surface area contributed by atoms with Crippen LogP contribution in [0, 0.1) is 33.1 Å². The van der Waals surface area contributed by atoms with E-state index in [2.05, 4.69) is 52.5 Å². The first-order chi connectivity index (χ1) is 20.5. The molecule has 1 N–H and O–H groups in total. The average molecular weight is 580 g/mol. The number of rotatable bonds is 5. The molecule has 2 amide bonds. The number of nitrogens with one attached hydrogen (secondary N) is 1. The third-order valence-corrected chi connectivity index (χ3v) is 8.52. The summed E-state index contributed by atoms with van der Waals surface area (Å²) in [6.07, 6.45) is 5.14. The number of piperazine rings is 1. The van der Waals surface area contributed by atoms with Gasteiger partial charge in [0.05, 0.1) is 5.69 Å². The van der Waals surface area contributed by atoms with Gasteiger partial charge < -0.3 is 14.4 Å². The molecule has 7 heteroatoms. The van der Waals surface area contributed by atoms with Crippen LogP contribution in [0.3, 0.4) is 0 Å². The van der Waals surface area contributed by atoms with E-state index < -0.39 is 11.7 Å². The molecule has 1 heterocycles. The van der Waals surface area contributed by atoms with Gasteiger partial charge in [0.1, 0.15) is 12.2 Å². The van der Waals surface area contributed by atoms with Gasteiger partial charge in [-0.25, -0.2) is 9.59 Å². The van der Waals surface area contributed by atoms with Crippen molar-refractivity contribution < 1.29 is 19.1 Å². The molecule has 7 nitrogen and oxygen atoms in total. The molecule has 0 spiro atoms. The van der Waals surface area contributed by atoms with E-state index in [0.717, 1.165) is 27.8 Å². The van der Waals surface area contributed by atoms with Gasteiger partial charge in [0, 0.05) is 44.2 Å². The number of nitrogens with zero attached hydrogens (tertiary/aromatic N) is 2. The number of terminal acetylenes is 1. The number of ether oxygens (including phenoxy) is 2. The predicted octanol–water partition coefficient (Wildman–Crippen LogP) is 7.01. The van der Waals surface area contributed by atoms with Gasteiger partial charge in [0.25, 0.3) is 0 Å². The van der Waals surface area contributed by atoms with E-state index in [1.54, 1.807) is 4.90 Å². The van der Waals surface area contributed by atoms with Crippen LogP contribution in [0.4, 0.5) is 15.3 Å². The quantitative estimate of drug-likeness (QED) is 0.330. The third kappa shape index (κ3) is 6.25. The smallest absolute Gasteiger partial charge is 0.412 e. The highest BCUT2D eigenvalue weighted by Gasteiger charge is 2.31.